The predicted molar refractivity (Wildman–Crippen MR) is 111 cm³/mol. The number of carbonyl (C=O) groups excluding carboxylic acids is 2. The fourth-order valence-corrected chi connectivity index (χ4v) is 3.61. The Morgan fingerprint density at radius 2 is 1.66 bits per heavy atom. The molecule has 0 saturated carbocycles. The average Bonchev–Trinajstić information content (AvgIpc) is 3.09. The van der Waals surface area contributed by atoms with Crippen molar-refractivity contribution in [3.05, 3.63) is 59.7 Å². The van der Waals surface area contributed by atoms with Crippen LogP contribution in [0.3, 0.4) is 0 Å². The molecule has 2 aromatic rings. The van der Waals surface area contributed by atoms with E-state index in [0.29, 0.717) is 4.90 Å². The SMILES string of the molecule is C#CCN(CC(=O)O)C(=O)C(F)(F)CNC(=O)OCC1c2ccccc2-c2ccccc21. The summed E-state index contributed by atoms with van der Waals surface area (Å²) in [6.07, 6.45) is 3.88. The van der Waals surface area contributed by atoms with Crippen molar-refractivity contribution in [1.82, 2.24) is 10.2 Å². The van der Waals surface area contributed by atoms with E-state index in [1.807, 2.05) is 59.8 Å². The Morgan fingerprint density at radius 1 is 1.09 bits per heavy atom. The maximum atomic E-state index is 14.2. The van der Waals surface area contributed by atoms with Crippen LogP contribution in [-0.4, -0.2) is 60.1 Å². The molecule has 2 N–H and O–H groups in total. The number of aliphatic carboxylic acids is 1. The number of benzene rings is 2. The molecule has 0 radical (unpaired) electrons. The number of hydrogen-bond acceptors (Lipinski definition) is 4. The summed E-state index contributed by atoms with van der Waals surface area (Å²) in [5.74, 6) is -5.64. The summed E-state index contributed by atoms with van der Waals surface area (Å²) in [6, 6.07) is 15.3. The fraction of sp³-hybridized carbons (Fsp3) is 0.261. The Bertz CT molecular complexity index is 1030. The van der Waals surface area contributed by atoms with Crippen molar-refractivity contribution in [2.24, 2.45) is 0 Å². The molecule has 0 saturated heterocycles. The van der Waals surface area contributed by atoms with Crippen LogP contribution >= 0.6 is 0 Å². The highest BCUT2D eigenvalue weighted by Crippen LogP contribution is 2.44. The Morgan fingerprint density at radius 3 is 2.19 bits per heavy atom. The maximum Gasteiger partial charge on any atom is 0.407 e. The van der Waals surface area contributed by atoms with Gasteiger partial charge in [-0.15, -0.1) is 6.42 Å². The van der Waals surface area contributed by atoms with Crippen molar-refractivity contribution >= 4 is 18.0 Å². The van der Waals surface area contributed by atoms with Gasteiger partial charge < -0.3 is 20.1 Å². The van der Waals surface area contributed by atoms with Crippen LogP contribution in [-0.2, 0) is 14.3 Å². The molecule has 1 aliphatic carbocycles. The van der Waals surface area contributed by atoms with Crippen LogP contribution < -0.4 is 5.32 Å². The standard InChI is InChI=1S/C23H20F2N2O5/c1-2-11-27(12-20(28)29)21(30)23(24,25)14-26-22(31)32-13-19-17-9-5-3-7-15(17)16-8-4-6-10-18(16)19/h1,3-10,19H,11-14H2,(H,26,31)(H,28,29). The second-order valence-electron chi connectivity index (χ2n) is 7.14. The number of alkyl halides is 2. The van der Waals surface area contributed by atoms with E-state index in [0.717, 1.165) is 22.3 Å². The number of carbonyl (C=O) groups is 3. The minimum absolute atomic E-state index is 0.0817. The van der Waals surface area contributed by atoms with Gasteiger partial charge in [-0.1, -0.05) is 54.5 Å². The minimum atomic E-state index is -4.06. The van der Waals surface area contributed by atoms with Crippen molar-refractivity contribution < 1.29 is 33.0 Å². The first kappa shape index (κ1) is 22.7. The van der Waals surface area contributed by atoms with Crippen molar-refractivity contribution in [2.45, 2.75) is 11.8 Å². The van der Waals surface area contributed by atoms with E-state index < -0.39 is 43.5 Å². The molecule has 1 aliphatic rings. The minimum Gasteiger partial charge on any atom is -0.480 e. The Kier molecular flexibility index (Phi) is 6.73. The number of alkyl carbamates (subject to hydrolysis) is 1. The molecule has 32 heavy (non-hydrogen) atoms. The number of carboxylic acid groups (broad SMARTS) is 1. The molecule has 2 aromatic carbocycles. The zero-order valence-corrected chi connectivity index (χ0v) is 16.9. The third-order valence-corrected chi connectivity index (χ3v) is 5.01. The lowest BCUT2D eigenvalue weighted by atomic mass is 9.98. The molecule has 0 aromatic heterocycles. The van der Waals surface area contributed by atoms with Gasteiger partial charge in [-0.05, 0) is 22.3 Å². The fourth-order valence-electron chi connectivity index (χ4n) is 3.61. The number of ether oxygens (including phenoxy) is 1. The van der Waals surface area contributed by atoms with Gasteiger partial charge in [0.25, 0.3) is 5.91 Å². The zero-order valence-electron chi connectivity index (χ0n) is 16.9. The number of halogens is 2. The van der Waals surface area contributed by atoms with Gasteiger partial charge in [0.15, 0.2) is 0 Å². The summed E-state index contributed by atoms with van der Waals surface area (Å²) in [4.78, 5) is 35.1. The normalized spacial score (nSPS) is 12.3. The number of terminal acetylenes is 1. The van der Waals surface area contributed by atoms with Crippen LogP contribution in [0.15, 0.2) is 48.5 Å². The summed E-state index contributed by atoms with van der Waals surface area (Å²) in [7, 11) is 0. The number of nitrogens with one attached hydrogen (secondary N) is 1. The topological polar surface area (TPSA) is 95.9 Å². The van der Waals surface area contributed by atoms with E-state index in [1.165, 1.54) is 0 Å². The van der Waals surface area contributed by atoms with E-state index in [1.54, 1.807) is 0 Å². The third kappa shape index (κ3) is 4.86. The van der Waals surface area contributed by atoms with Gasteiger partial charge in [0.1, 0.15) is 13.2 Å². The monoisotopic (exact) mass is 442 g/mol. The van der Waals surface area contributed by atoms with E-state index in [4.69, 9.17) is 16.3 Å². The Balaban J connectivity index is 1.60. The molecule has 0 spiro atoms. The predicted octanol–water partition coefficient (Wildman–Crippen LogP) is 2.71. The van der Waals surface area contributed by atoms with E-state index in [-0.39, 0.29) is 12.5 Å². The lowest BCUT2D eigenvalue weighted by Crippen LogP contribution is -2.51. The summed E-state index contributed by atoms with van der Waals surface area (Å²) in [5.41, 5.74) is 3.95. The molecular formula is C23H20F2N2O5. The Hall–Kier alpha value is -3.93. The second-order valence-corrected chi connectivity index (χ2v) is 7.14. The summed E-state index contributed by atoms with van der Waals surface area (Å²) in [5, 5.41) is 10.6. The van der Waals surface area contributed by atoms with Crippen LogP contribution in [0, 0.1) is 12.3 Å². The van der Waals surface area contributed by atoms with Crippen LogP contribution in [0.5, 0.6) is 0 Å². The highest BCUT2D eigenvalue weighted by atomic mass is 19.3. The van der Waals surface area contributed by atoms with Crippen LogP contribution in [0.2, 0.25) is 0 Å². The van der Waals surface area contributed by atoms with Gasteiger partial charge in [0, 0.05) is 5.92 Å². The van der Waals surface area contributed by atoms with E-state index >= 15 is 0 Å². The van der Waals surface area contributed by atoms with Crippen molar-refractivity contribution in [2.75, 3.05) is 26.2 Å². The number of amides is 2. The van der Waals surface area contributed by atoms with E-state index in [9.17, 15) is 23.2 Å². The molecule has 0 aliphatic heterocycles. The average molecular weight is 442 g/mol. The number of hydrogen-bond donors (Lipinski definition) is 2. The highest BCUT2D eigenvalue weighted by molar-refractivity contribution is 5.87. The Labute approximate surface area is 183 Å². The molecule has 0 unspecified atom stereocenters. The second kappa shape index (κ2) is 9.47. The smallest absolute Gasteiger partial charge is 0.407 e. The number of fused-ring (bicyclic) bond motifs is 3. The van der Waals surface area contributed by atoms with Crippen molar-refractivity contribution in [1.29, 1.82) is 0 Å². The first-order chi connectivity index (χ1) is 15.2. The summed E-state index contributed by atoms with van der Waals surface area (Å²) in [6.45, 7) is -3.03. The molecule has 7 nitrogen and oxygen atoms in total. The van der Waals surface area contributed by atoms with E-state index in [2.05, 4.69) is 0 Å². The van der Waals surface area contributed by atoms with Crippen molar-refractivity contribution in [3.8, 4) is 23.5 Å². The maximum absolute atomic E-state index is 14.2. The molecule has 0 atom stereocenters. The number of nitrogens with zero attached hydrogens (tertiary/aromatic N) is 1. The van der Waals surface area contributed by atoms with Gasteiger partial charge in [-0.25, -0.2) is 4.79 Å². The molecular weight excluding hydrogens is 422 g/mol. The summed E-state index contributed by atoms with van der Waals surface area (Å²) >= 11 is 0. The van der Waals surface area contributed by atoms with Gasteiger partial charge in [0.2, 0.25) is 0 Å². The highest BCUT2D eigenvalue weighted by Gasteiger charge is 2.43. The molecule has 0 fully saturated rings. The number of rotatable bonds is 8. The lowest BCUT2D eigenvalue weighted by molar-refractivity contribution is -0.159. The van der Waals surface area contributed by atoms with Crippen molar-refractivity contribution in [3.63, 3.8) is 0 Å². The van der Waals surface area contributed by atoms with Gasteiger partial charge >= 0.3 is 18.0 Å². The summed E-state index contributed by atoms with van der Waals surface area (Å²) < 4.78 is 33.6. The third-order valence-electron chi connectivity index (χ3n) is 5.01. The lowest BCUT2D eigenvalue weighted by Gasteiger charge is -2.24. The molecule has 0 heterocycles. The van der Waals surface area contributed by atoms with Gasteiger partial charge in [-0.2, -0.15) is 8.78 Å². The largest absolute Gasteiger partial charge is 0.480 e. The quantitative estimate of drug-likeness (QED) is 0.613. The number of carboxylic acids is 1. The van der Waals surface area contributed by atoms with Gasteiger partial charge in [0.05, 0.1) is 13.1 Å². The van der Waals surface area contributed by atoms with Crippen LogP contribution in [0.25, 0.3) is 11.1 Å². The molecule has 166 valence electrons. The molecule has 9 heteroatoms. The van der Waals surface area contributed by atoms with Crippen LogP contribution in [0.1, 0.15) is 17.0 Å². The van der Waals surface area contributed by atoms with Crippen LogP contribution in [0.4, 0.5) is 13.6 Å². The molecule has 0 bridgehead atoms. The first-order valence-electron chi connectivity index (χ1n) is 9.66. The molecule has 3 rings (SSSR count). The molecule has 2 amide bonds. The first-order valence-corrected chi connectivity index (χ1v) is 9.66. The zero-order chi connectivity index (χ0) is 23.3. The van der Waals surface area contributed by atoms with Gasteiger partial charge in [-0.3, -0.25) is 9.59 Å².